The van der Waals surface area contributed by atoms with Crippen LogP contribution in [-0.2, 0) is 0 Å². The van der Waals surface area contributed by atoms with Crippen LogP contribution in [0.3, 0.4) is 0 Å². The van der Waals surface area contributed by atoms with Gasteiger partial charge < -0.3 is 14.7 Å². The van der Waals surface area contributed by atoms with Crippen LogP contribution in [0.2, 0.25) is 0 Å². The van der Waals surface area contributed by atoms with Crippen molar-refractivity contribution in [2.45, 2.75) is 0 Å². The Morgan fingerprint density at radius 1 is 1.04 bits per heavy atom. The maximum Gasteiger partial charge on any atom is 0.339 e. The van der Waals surface area contributed by atoms with E-state index in [0.717, 1.165) is 26.2 Å². The Kier molecular flexibility index (Phi) is 5.50. The molecule has 1 heterocycles. The molecular formula is C19H21FN2O3. The SMILES string of the molecule is O=C(O)c1ccccc1OCCN1CCN(c2ccccc2F)CC1. The van der Waals surface area contributed by atoms with E-state index in [9.17, 15) is 9.18 Å². The van der Waals surface area contributed by atoms with Crippen molar-refractivity contribution in [1.82, 2.24) is 4.90 Å². The molecule has 0 aliphatic carbocycles. The molecule has 2 aromatic carbocycles. The lowest BCUT2D eigenvalue weighted by Crippen LogP contribution is -2.47. The van der Waals surface area contributed by atoms with Gasteiger partial charge in [-0.1, -0.05) is 24.3 Å². The molecule has 0 radical (unpaired) electrons. The predicted molar refractivity (Wildman–Crippen MR) is 93.9 cm³/mol. The summed E-state index contributed by atoms with van der Waals surface area (Å²) in [7, 11) is 0. The van der Waals surface area contributed by atoms with Crippen molar-refractivity contribution in [2.24, 2.45) is 0 Å². The first-order valence-corrected chi connectivity index (χ1v) is 8.32. The summed E-state index contributed by atoms with van der Waals surface area (Å²) in [6.07, 6.45) is 0. The Bertz CT molecular complexity index is 730. The molecular weight excluding hydrogens is 323 g/mol. The number of aromatic carboxylic acids is 1. The van der Waals surface area contributed by atoms with E-state index in [1.165, 1.54) is 12.1 Å². The van der Waals surface area contributed by atoms with Gasteiger partial charge in [-0.3, -0.25) is 4.90 Å². The van der Waals surface area contributed by atoms with Crippen molar-refractivity contribution < 1.29 is 19.0 Å². The molecule has 0 amide bonds. The zero-order chi connectivity index (χ0) is 17.6. The van der Waals surface area contributed by atoms with Crippen molar-refractivity contribution in [3.63, 3.8) is 0 Å². The second-order valence-corrected chi connectivity index (χ2v) is 5.93. The number of carbonyl (C=O) groups is 1. The molecule has 2 aromatic rings. The average Bonchev–Trinajstić information content (AvgIpc) is 2.63. The Morgan fingerprint density at radius 3 is 2.44 bits per heavy atom. The number of piperazine rings is 1. The molecule has 3 rings (SSSR count). The Hall–Kier alpha value is -2.60. The van der Waals surface area contributed by atoms with Gasteiger partial charge in [0.1, 0.15) is 23.7 Å². The van der Waals surface area contributed by atoms with Gasteiger partial charge in [-0.05, 0) is 24.3 Å². The Morgan fingerprint density at radius 2 is 1.72 bits per heavy atom. The van der Waals surface area contributed by atoms with Crippen LogP contribution in [0, 0.1) is 5.82 Å². The van der Waals surface area contributed by atoms with Gasteiger partial charge in [0, 0.05) is 32.7 Å². The molecule has 1 aliphatic heterocycles. The topological polar surface area (TPSA) is 53.0 Å². The summed E-state index contributed by atoms with van der Waals surface area (Å²) >= 11 is 0. The molecule has 0 spiro atoms. The van der Waals surface area contributed by atoms with Crippen molar-refractivity contribution in [1.29, 1.82) is 0 Å². The molecule has 0 aromatic heterocycles. The fraction of sp³-hybridized carbons (Fsp3) is 0.316. The zero-order valence-electron chi connectivity index (χ0n) is 13.9. The normalized spacial score (nSPS) is 15.2. The van der Waals surface area contributed by atoms with Crippen molar-refractivity contribution in [3.05, 3.63) is 59.9 Å². The highest BCUT2D eigenvalue weighted by Gasteiger charge is 2.19. The second kappa shape index (κ2) is 7.98. The summed E-state index contributed by atoms with van der Waals surface area (Å²) in [4.78, 5) is 15.4. The molecule has 1 aliphatic rings. The molecule has 0 atom stereocenters. The number of anilines is 1. The van der Waals surface area contributed by atoms with Gasteiger partial charge in [0.15, 0.2) is 0 Å². The predicted octanol–water partition coefficient (Wildman–Crippen LogP) is 2.72. The van der Waals surface area contributed by atoms with Gasteiger partial charge >= 0.3 is 5.97 Å². The van der Waals surface area contributed by atoms with Crippen LogP contribution in [-0.4, -0.2) is 55.3 Å². The summed E-state index contributed by atoms with van der Waals surface area (Å²) in [6.45, 7) is 4.28. The number of para-hydroxylation sites is 2. The molecule has 5 nitrogen and oxygen atoms in total. The Balaban J connectivity index is 1.47. The van der Waals surface area contributed by atoms with Crippen LogP contribution in [0.1, 0.15) is 10.4 Å². The van der Waals surface area contributed by atoms with Crippen LogP contribution in [0.15, 0.2) is 48.5 Å². The van der Waals surface area contributed by atoms with Crippen LogP contribution in [0.4, 0.5) is 10.1 Å². The first-order chi connectivity index (χ1) is 12.1. The smallest absolute Gasteiger partial charge is 0.339 e. The number of nitrogens with zero attached hydrogens (tertiary/aromatic N) is 2. The molecule has 25 heavy (non-hydrogen) atoms. The Labute approximate surface area is 146 Å². The minimum atomic E-state index is -0.992. The zero-order valence-corrected chi connectivity index (χ0v) is 13.9. The van der Waals surface area contributed by atoms with Crippen LogP contribution in [0.5, 0.6) is 5.75 Å². The lowest BCUT2D eigenvalue weighted by atomic mass is 10.2. The highest BCUT2D eigenvalue weighted by atomic mass is 19.1. The molecule has 0 saturated carbocycles. The third-order valence-corrected chi connectivity index (χ3v) is 4.35. The highest BCUT2D eigenvalue weighted by Crippen LogP contribution is 2.20. The van der Waals surface area contributed by atoms with E-state index < -0.39 is 5.97 Å². The van der Waals surface area contributed by atoms with Crippen LogP contribution >= 0.6 is 0 Å². The first-order valence-electron chi connectivity index (χ1n) is 8.32. The van der Waals surface area contributed by atoms with Gasteiger partial charge in [0.05, 0.1) is 5.69 Å². The maximum atomic E-state index is 13.8. The standard InChI is InChI=1S/C19H21FN2O3/c20-16-6-2-3-7-17(16)22-11-9-21(10-12-22)13-14-25-18-8-4-1-5-15(18)19(23)24/h1-8H,9-14H2,(H,23,24). The molecule has 1 fully saturated rings. The molecule has 6 heteroatoms. The summed E-state index contributed by atoms with van der Waals surface area (Å²) in [6, 6.07) is 13.5. The summed E-state index contributed by atoms with van der Waals surface area (Å²) in [5, 5.41) is 9.15. The van der Waals surface area contributed by atoms with Crippen molar-refractivity contribution in [3.8, 4) is 5.75 Å². The van der Waals surface area contributed by atoms with Crippen molar-refractivity contribution in [2.75, 3.05) is 44.2 Å². The molecule has 1 saturated heterocycles. The minimum Gasteiger partial charge on any atom is -0.491 e. The second-order valence-electron chi connectivity index (χ2n) is 5.93. The molecule has 0 bridgehead atoms. The number of halogens is 1. The van der Waals surface area contributed by atoms with Gasteiger partial charge in [-0.15, -0.1) is 0 Å². The third-order valence-electron chi connectivity index (χ3n) is 4.35. The van der Waals surface area contributed by atoms with Crippen LogP contribution < -0.4 is 9.64 Å². The third kappa shape index (κ3) is 4.28. The fourth-order valence-electron chi connectivity index (χ4n) is 2.97. The first kappa shape index (κ1) is 17.2. The highest BCUT2D eigenvalue weighted by molar-refractivity contribution is 5.90. The number of hydrogen-bond acceptors (Lipinski definition) is 4. The summed E-state index contributed by atoms with van der Waals surface area (Å²) in [5.41, 5.74) is 0.820. The molecule has 1 N–H and O–H groups in total. The number of benzene rings is 2. The van der Waals surface area contributed by atoms with Gasteiger partial charge in [0.2, 0.25) is 0 Å². The summed E-state index contributed by atoms with van der Waals surface area (Å²) in [5.74, 6) is -0.793. The van der Waals surface area contributed by atoms with E-state index in [-0.39, 0.29) is 11.4 Å². The van der Waals surface area contributed by atoms with E-state index in [2.05, 4.69) is 4.90 Å². The largest absolute Gasteiger partial charge is 0.491 e. The quantitative estimate of drug-likeness (QED) is 0.873. The van der Waals surface area contributed by atoms with E-state index >= 15 is 0 Å². The van der Waals surface area contributed by atoms with E-state index in [4.69, 9.17) is 9.84 Å². The lowest BCUT2D eigenvalue weighted by molar-refractivity contribution is 0.0691. The molecule has 132 valence electrons. The number of rotatable bonds is 6. The van der Waals surface area contributed by atoms with Gasteiger partial charge in [-0.25, -0.2) is 9.18 Å². The van der Waals surface area contributed by atoms with Gasteiger partial charge in [-0.2, -0.15) is 0 Å². The fourth-order valence-corrected chi connectivity index (χ4v) is 2.97. The monoisotopic (exact) mass is 344 g/mol. The minimum absolute atomic E-state index is 0.173. The number of carboxylic acid groups (broad SMARTS) is 1. The van der Waals surface area contributed by atoms with E-state index in [1.54, 1.807) is 30.3 Å². The molecule has 0 unspecified atom stereocenters. The lowest BCUT2D eigenvalue weighted by Gasteiger charge is -2.36. The number of hydrogen-bond donors (Lipinski definition) is 1. The van der Waals surface area contributed by atoms with Crippen LogP contribution in [0.25, 0.3) is 0 Å². The van der Waals surface area contributed by atoms with Gasteiger partial charge in [0.25, 0.3) is 0 Å². The maximum absolute atomic E-state index is 13.8. The number of ether oxygens (including phenoxy) is 1. The van der Waals surface area contributed by atoms with E-state index in [0.29, 0.717) is 24.6 Å². The summed E-state index contributed by atoms with van der Waals surface area (Å²) < 4.78 is 19.5. The van der Waals surface area contributed by atoms with E-state index in [1.807, 2.05) is 11.0 Å². The van der Waals surface area contributed by atoms with Crippen molar-refractivity contribution >= 4 is 11.7 Å². The average molecular weight is 344 g/mol. The number of carboxylic acids is 1.